The van der Waals surface area contributed by atoms with Crippen LogP contribution in [0.4, 0.5) is 0 Å². The van der Waals surface area contributed by atoms with Crippen molar-refractivity contribution >= 4 is 11.8 Å². The lowest BCUT2D eigenvalue weighted by Gasteiger charge is -2.31. The van der Waals surface area contributed by atoms with E-state index in [1.54, 1.807) is 0 Å². The van der Waals surface area contributed by atoms with Crippen LogP contribution in [0.25, 0.3) is 0 Å². The lowest BCUT2D eigenvalue weighted by atomic mass is 9.87. The molecule has 5 nitrogen and oxygen atoms in total. The third kappa shape index (κ3) is 2.80. The van der Waals surface area contributed by atoms with E-state index < -0.39 is 5.54 Å². The molecule has 0 aromatic heterocycles. The maximum atomic E-state index is 12.6. The van der Waals surface area contributed by atoms with Crippen LogP contribution >= 0.6 is 0 Å². The Balaban J connectivity index is 1.66. The Bertz CT molecular complexity index is 421. The zero-order valence-electron chi connectivity index (χ0n) is 12.7. The van der Waals surface area contributed by atoms with Crippen molar-refractivity contribution in [1.29, 1.82) is 0 Å². The summed E-state index contributed by atoms with van der Waals surface area (Å²) in [5, 5.41) is 6.42. The molecule has 1 heterocycles. The number of primary amides is 1. The lowest BCUT2D eigenvalue weighted by Crippen LogP contribution is -2.58. The van der Waals surface area contributed by atoms with Gasteiger partial charge in [-0.05, 0) is 50.6 Å². The van der Waals surface area contributed by atoms with Crippen molar-refractivity contribution in [2.75, 3.05) is 13.1 Å². The first kappa shape index (κ1) is 14.8. The number of nitrogens with two attached hydrogens (primary N) is 1. The number of hydrogen-bond acceptors (Lipinski definition) is 3. The van der Waals surface area contributed by atoms with Crippen molar-refractivity contribution in [1.82, 2.24) is 10.6 Å². The number of rotatable bonds is 3. The molecule has 1 saturated heterocycles. The molecule has 2 amide bonds. The topological polar surface area (TPSA) is 84.2 Å². The summed E-state index contributed by atoms with van der Waals surface area (Å²) in [6, 6.07) is 0. The van der Waals surface area contributed by atoms with Gasteiger partial charge >= 0.3 is 0 Å². The van der Waals surface area contributed by atoms with Crippen LogP contribution in [0.3, 0.4) is 0 Å². The highest BCUT2D eigenvalue weighted by Crippen LogP contribution is 2.58. The number of amides is 2. The Hall–Kier alpha value is -1.10. The standard InChI is InChI=1S/C16H27N3O2/c17-14(21)16(5-3-1-2-4-6-16)19-13(20)12-11-15(12)7-9-18-10-8-15/h12,18H,1-11H2,(H2,17,21)(H,19,20)/t12-/m0/s1. The monoisotopic (exact) mass is 293 g/mol. The molecule has 0 bridgehead atoms. The van der Waals surface area contributed by atoms with Crippen molar-refractivity contribution in [2.45, 2.75) is 63.3 Å². The average molecular weight is 293 g/mol. The molecule has 1 aliphatic heterocycles. The maximum absolute atomic E-state index is 12.6. The molecule has 2 saturated carbocycles. The molecular formula is C16H27N3O2. The van der Waals surface area contributed by atoms with Crippen LogP contribution in [-0.2, 0) is 9.59 Å². The Morgan fingerprint density at radius 2 is 1.62 bits per heavy atom. The van der Waals surface area contributed by atoms with Gasteiger partial charge in [0.1, 0.15) is 5.54 Å². The van der Waals surface area contributed by atoms with E-state index in [-0.39, 0.29) is 23.1 Å². The van der Waals surface area contributed by atoms with Gasteiger partial charge in [-0.15, -0.1) is 0 Å². The summed E-state index contributed by atoms with van der Waals surface area (Å²) in [6.45, 7) is 2.01. The van der Waals surface area contributed by atoms with Crippen LogP contribution in [0, 0.1) is 11.3 Å². The van der Waals surface area contributed by atoms with E-state index in [4.69, 9.17) is 5.73 Å². The molecule has 1 spiro atoms. The van der Waals surface area contributed by atoms with E-state index in [1.165, 1.54) is 0 Å². The summed E-state index contributed by atoms with van der Waals surface area (Å²) >= 11 is 0. The second-order valence-corrected chi connectivity index (χ2v) is 7.22. The predicted molar refractivity (Wildman–Crippen MR) is 80.4 cm³/mol. The first-order chi connectivity index (χ1) is 10.1. The molecule has 4 N–H and O–H groups in total. The van der Waals surface area contributed by atoms with Crippen molar-refractivity contribution in [2.24, 2.45) is 17.1 Å². The molecule has 1 atom stereocenters. The van der Waals surface area contributed by atoms with Gasteiger partial charge in [0.2, 0.25) is 11.8 Å². The highest BCUT2D eigenvalue weighted by molar-refractivity contribution is 5.92. The summed E-state index contributed by atoms with van der Waals surface area (Å²) in [6.07, 6.45) is 8.75. The number of carbonyl (C=O) groups is 2. The van der Waals surface area contributed by atoms with Crippen molar-refractivity contribution in [3.8, 4) is 0 Å². The summed E-state index contributed by atoms with van der Waals surface area (Å²) in [7, 11) is 0. The van der Waals surface area contributed by atoms with Gasteiger partial charge in [0, 0.05) is 5.92 Å². The summed E-state index contributed by atoms with van der Waals surface area (Å²) in [4.78, 5) is 24.6. The first-order valence-electron chi connectivity index (χ1n) is 8.41. The van der Waals surface area contributed by atoms with Gasteiger partial charge < -0.3 is 16.4 Å². The van der Waals surface area contributed by atoms with Gasteiger partial charge in [0.25, 0.3) is 0 Å². The third-order valence-corrected chi connectivity index (χ3v) is 5.90. The minimum absolute atomic E-state index is 0.0672. The SMILES string of the molecule is NC(=O)C1(NC(=O)[C@@H]2CC23CCNCC3)CCCCCC1. The highest BCUT2D eigenvalue weighted by atomic mass is 16.2. The minimum Gasteiger partial charge on any atom is -0.368 e. The molecule has 3 aliphatic rings. The second-order valence-electron chi connectivity index (χ2n) is 7.22. The molecule has 3 fully saturated rings. The molecule has 0 unspecified atom stereocenters. The quantitative estimate of drug-likeness (QED) is 0.681. The normalized spacial score (nSPS) is 30.4. The molecule has 21 heavy (non-hydrogen) atoms. The Morgan fingerprint density at radius 1 is 1.00 bits per heavy atom. The predicted octanol–water partition coefficient (Wildman–Crippen LogP) is 1.07. The van der Waals surface area contributed by atoms with Gasteiger partial charge in [0.15, 0.2) is 0 Å². The molecule has 3 rings (SSSR count). The number of nitrogens with one attached hydrogen (secondary N) is 2. The second kappa shape index (κ2) is 5.59. The fourth-order valence-corrected chi connectivity index (χ4v) is 4.28. The van der Waals surface area contributed by atoms with Crippen LogP contribution < -0.4 is 16.4 Å². The van der Waals surface area contributed by atoms with Crippen molar-refractivity contribution in [3.05, 3.63) is 0 Å². The number of piperidine rings is 1. The van der Waals surface area contributed by atoms with Gasteiger partial charge in [-0.2, -0.15) is 0 Å². The largest absolute Gasteiger partial charge is 0.368 e. The molecular weight excluding hydrogens is 266 g/mol. The smallest absolute Gasteiger partial charge is 0.243 e. The van der Waals surface area contributed by atoms with Gasteiger partial charge in [-0.1, -0.05) is 25.7 Å². The zero-order chi connectivity index (χ0) is 14.9. The van der Waals surface area contributed by atoms with E-state index in [1.807, 2.05) is 0 Å². The Labute approximate surface area is 126 Å². The van der Waals surface area contributed by atoms with Crippen molar-refractivity contribution < 1.29 is 9.59 Å². The van der Waals surface area contributed by atoms with Crippen LogP contribution in [0.2, 0.25) is 0 Å². The van der Waals surface area contributed by atoms with Crippen LogP contribution in [-0.4, -0.2) is 30.4 Å². The maximum Gasteiger partial charge on any atom is 0.243 e. The summed E-state index contributed by atoms with van der Waals surface area (Å²) in [5.41, 5.74) is 5.07. The number of hydrogen-bond donors (Lipinski definition) is 3. The zero-order valence-corrected chi connectivity index (χ0v) is 12.7. The fraction of sp³-hybridized carbons (Fsp3) is 0.875. The minimum atomic E-state index is -0.787. The first-order valence-corrected chi connectivity index (χ1v) is 8.41. The molecule has 0 aromatic carbocycles. The Kier molecular flexibility index (Phi) is 3.95. The van der Waals surface area contributed by atoms with Crippen LogP contribution in [0.15, 0.2) is 0 Å². The Morgan fingerprint density at radius 3 is 2.19 bits per heavy atom. The fourth-order valence-electron chi connectivity index (χ4n) is 4.28. The average Bonchev–Trinajstić information content (AvgIpc) is 3.20. The van der Waals surface area contributed by atoms with Crippen molar-refractivity contribution in [3.63, 3.8) is 0 Å². The van der Waals surface area contributed by atoms with Gasteiger partial charge in [-0.25, -0.2) is 0 Å². The molecule has 0 radical (unpaired) electrons. The van der Waals surface area contributed by atoms with E-state index in [0.717, 1.165) is 58.0 Å². The third-order valence-electron chi connectivity index (χ3n) is 5.90. The van der Waals surface area contributed by atoms with E-state index in [0.29, 0.717) is 12.8 Å². The van der Waals surface area contributed by atoms with Gasteiger partial charge in [0.05, 0.1) is 0 Å². The van der Waals surface area contributed by atoms with E-state index in [9.17, 15) is 9.59 Å². The molecule has 5 heteroatoms. The van der Waals surface area contributed by atoms with E-state index >= 15 is 0 Å². The van der Waals surface area contributed by atoms with Crippen LogP contribution in [0.1, 0.15) is 57.8 Å². The van der Waals surface area contributed by atoms with E-state index in [2.05, 4.69) is 10.6 Å². The summed E-state index contributed by atoms with van der Waals surface area (Å²) < 4.78 is 0. The lowest BCUT2D eigenvalue weighted by molar-refractivity contribution is -0.133. The van der Waals surface area contributed by atoms with Gasteiger partial charge in [-0.3, -0.25) is 9.59 Å². The number of carbonyl (C=O) groups excluding carboxylic acids is 2. The van der Waals surface area contributed by atoms with Crippen LogP contribution in [0.5, 0.6) is 0 Å². The highest BCUT2D eigenvalue weighted by Gasteiger charge is 2.58. The summed E-state index contributed by atoms with van der Waals surface area (Å²) in [5.74, 6) is -0.186. The molecule has 118 valence electrons. The molecule has 2 aliphatic carbocycles. The molecule has 0 aromatic rings.